The van der Waals surface area contributed by atoms with Crippen molar-refractivity contribution in [2.24, 2.45) is 0 Å². The SMILES string of the molecule is C=CCNC(=O)Nc1cccc(OC(F)F)c1C. The minimum absolute atomic E-state index is 0.0338. The Kier molecular flexibility index (Phi) is 5.10. The van der Waals surface area contributed by atoms with Crippen LogP contribution in [0.25, 0.3) is 0 Å². The Labute approximate surface area is 104 Å². The molecule has 0 saturated heterocycles. The molecule has 0 aliphatic rings. The maximum atomic E-state index is 12.1. The van der Waals surface area contributed by atoms with E-state index in [-0.39, 0.29) is 5.75 Å². The Morgan fingerprint density at radius 3 is 2.89 bits per heavy atom. The molecule has 0 heterocycles. The van der Waals surface area contributed by atoms with Crippen molar-refractivity contribution < 1.29 is 18.3 Å². The minimum atomic E-state index is -2.89. The summed E-state index contributed by atoms with van der Waals surface area (Å²) in [5.41, 5.74) is 0.848. The molecule has 0 radical (unpaired) electrons. The quantitative estimate of drug-likeness (QED) is 0.796. The second kappa shape index (κ2) is 6.58. The summed E-state index contributed by atoms with van der Waals surface area (Å²) in [4.78, 5) is 11.4. The predicted octanol–water partition coefficient (Wildman–Crippen LogP) is 2.90. The first-order chi connectivity index (χ1) is 8.54. The molecule has 6 heteroatoms. The molecule has 0 spiro atoms. The van der Waals surface area contributed by atoms with E-state index in [1.54, 1.807) is 13.0 Å². The van der Waals surface area contributed by atoms with Crippen LogP contribution in [0.5, 0.6) is 5.75 Å². The van der Waals surface area contributed by atoms with Gasteiger partial charge in [-0.2, -0.15) is 8.78 Å². The first-order valence-corrected chi connectivity index (χ1v) is 5.24. The Balaban J connectivity index is 2.77. The van der Waals surface area contributed by atoms with E-state index >= 15 is 0 Å². The van der Waals surface area contributed by atoms with Crippen molar-refractivity contribution in [1.82, 2.24) is 5.32 Å². The first kappa shape index (κ1) is 14.0. The highest BCUT2D eigenvalue weighted by Gasteiger charge is 2.11. The van der Waals surface area contributed by atoms with Gasteiger partial charge >= 0.3 is 12.6 Å². The Morgan fingerprint density at radius 2 is 2.28 bits per heavy atom. The van der Waals surface area contributed by atoms with Crippen molar-refractivity contribution in [3.8, 4) is 5.75 Å². The number of amides is 2. The Bertz CT molecular complexity index is 436. The van der Waals surface area contributed by atoms with Crippen LogP contribution in [-0.4, -0.2) is 19.2 Å². The first-order valence-electron chi connectivity index (χ1n) is 5.24. The number of alkyl halides is 2. The molecule has 0 bridgehead atoms. The van der Waals surface area contributed by atoms with Gasteiger partial charge in [0.1, 0.15) is 5.75 Å². The molecule has 18 heavy (non-hydrogen) atoms. The largest absolute Gasteiger partial charge is 0.434 e. The molecule has 1 aromatic rings. The lowest BCUT2D eigenvalue weighted by Crippen LogP contribution is -2.28. The van der Waals surface area contributed by atoms with Gasteiger partial charge in [0, 0.05) is 17.8 Å². The summed E-state index contributed by atoms with van der Waals surface area (Å²) in [5.74, 6) is 0.0338. The standard InChI is InChI=1S/C12H14F2N2O2/c1-3-7-15-12(17)16-9-5-4-6-10(8(9)2)18-11(13)14/h3-6,11H,1,7H2,2H3,(H2,15,16,17). The number of benzene rings is 1. The lowest BCUT2D eigenvalue weighted by Gasteiger charge is -2.13. The zero-order valence-corrected chi connectivity index (χ0v) is 9.87. The Morgan fingerprint density at radius 1 is 1.56 bits per heavy atom. The molecule has 4 nitrogen and oxygen atoms in total. The van der Waals surface area contributed by atoms with E-state index in [9.17, 15) is 13.6 Å². The molecule has 0 saturated carbocycles. The molecular weight excluding hydrogens is 242 g/mol. The molecule has 1 aromatic carbocycles. The minimum Gasteiger partial charge on any atom is -0.434 e. The fraction of sp³-hybridized carbons (Fsp3) is 0.250. The number of hydrogen-bond acceptors (Lipinski definition) is 2. The number of ether oxygens (including phenoxy) is 1. The zero-order valence-electron chi connectivity index (χ0n) is 9.87. The maximum Gasteiger partial charge on any atom is 0.387 e. The lowest BCUT2D eigenvalue weighted by molar-refractivity contribution is -0.0502. The number of nitrogens with one attached hydrogen (secondary N) is 2. The number of rotatable bonds is 5. The zero-order chi connectivity index (χ0) is 13.5. The van der Waals surface area contributed by atoms with Gasteiger partial charge < -0.3 is 15.4 Å². The average molecular weight is 256 g/mol. The molecule has 2 amide bonds. The molecule has 1 rings (SSSR count). The highest BCUT2D eigenvalue weighted by molar-refractivity contribution is 5.90. The number of halogens is 2. The molecule has 98 valence electrons. The van der Waals surface area contributed by atoms with Gasteiger partial charge in [0.2, 0.25) is 0 Å². The summed E-state index contributed by atoms with van der Waals surface area (Å²) in [6, 6.07) is 4.09. The summed E-state index contributed by atoms with van der Waals surface area (Å²) in [6.45, 7) is 2.47. The predicted molar refractivity (Wildman–Crippen MR) is 65.0 cm³/mol. The number of anilines is 1. The van der Waals surface area contributed by atoms with Crippen LogP contribution in [0.1, 0.15) is 5.56 Å². The number of urea groups is 1. The fourth-order valence-corrected chi connectivity index (χ4v) is 1.30. The summed E-state index contributed by atoms with van der Waals surface area (Å²) < 4.78 is 28.6. The number of hydrogen-bond donors (Lipinski definition) is 2. The highest BCUT2D eigenvalue weighted by Crippen LogP contribution is 2.26. The van der Waals surface area contributed by atoms with E-state index < -0.39 is 12.6 Å². The van der Waals surface area contributed by atoms with Gasteiger partial charge in [0.25, 0.3) is 0 Å². The van der Waals surface area contributed by atoms with Gasteiger partial charge in [-0.25, -0.2) is 4.79 Å². The maximum absolute atomic E-state index is 12.1. The van der Waals surface area contributed by atoms with E-state index in [0.29, 0.717) is 17.8 Å². The van der Waals surface area contributed by atoms with Gasteiger partial charge in [0.15, 0.2) is 0 Å². The van der Waals surface area contributed by atoms with Crippen LogP contribution in [-0.2, 0) is 0 Å². The van der Waals surface area contributed by atoms with E-state index in [0.717, 1.165) is 0 Å². The van der Waals surface area contributed by atoms with Crippen LogP contribution >= 0.6 is 0 Å². The normalized spacial score (nSPS) is 10.0. The van der Waals surface area contributed by atoms with Crippen LogP contribution in [0.3, 0.4) is 0 Å². The van der Waals surface area contributed by atoms with Gasteiger partial charge in [-0.1, -0.05) is 12.1 Å². The number of carbonyl (C=O) groups excluding carboxylic acids is 1. The molecule has 0 aliphatic carbocycles. The third-order valence-electron chi connectivity index (χ3n) is 2.16. The molecular formula is C12H14F2N2O2. The molecule has 0 fully saturated rings. The fourth-order valence-electron chi connectivity index (χ4n) is 1.30. The van der Waals surface area contributed by atoms with E-state index in [1.165, 1.54) is 18.2 Å². The van der Waals surface area contributed by atoms with Gasteiger partial charge in [0.05, 0.1) is 0 Å². The van der Waals surface area contributed by atoms with E-state index in [4.69, 9.17) is 0 Å². The topological polar surface area (TPSA) is 50.4 Å². The Hall–Kier alpha value is -2.11. The molecule has 2 N–H and O–H groups in total. The smallest absolute Gasteiger partial charge is 0.387 e. The van der Waals surface area contributed by atoms with Crippen LogP contribution in [0.2, 0.25) is 0 Å². The van der Waals surface area contributed by atoms with Crippen molar-refractivity contribution in [3.05, 3.63) is 36.4 Å². The second-order valence-corrected chi connectivity index (χ2v) is 3.43. The van der Waals surface area contributed by atoms with Crippen molar-refractivity contribution in [3.63, 3.8) is 0 Å². The molecule has 0 aromatic heterocycles. The third kappa shape index (κ3) is 4.04. The van der Waals surface area contributed by atoms with Crippen molar-refractivity contribution >= 4 is 11.7 Å². The van der Waals surface area contributed by atoms with Gasteiger partial charge in [-0.3, -0.25) is 0 Å². The molecule has 0 aliphatic heterocycles. The summed E-state index contributed by atoms with van der Waals surface area (Å²) in [5, 5.41) is 5.05. The van der Waals surface area contributed by atoms with Crippen LogP contribution in [0.4, 0.5) is 19.3 Å². The third-order valence-corrected chi connectivity index (χ3v) is 2.16. The van der Waals surface area contributed by atoms with E-state index in [1.807, 2.05) is 0 Å². The van der Waals surface area contributed by atoms with Gasteiger partial charge in [-0.15, -0.1) is 6.58 Å². The highest BCUT2D eigenvalue weighted by atomic mass is 19.3. The van der Waals surface area contributed by atoms with Gasteiger partial charge in [-0.05, 0) is 19.1 Å². The van der Waals surface area contributed by atoms with Crippen molar-refractivity contribution in [2.75, 3.05) is 11.9 Å². The molecule has 0 unspecified atom stereocenters. The summed E-state index contributed by atoms with van der Waals surface area (Å²) in [6.07, 6.45) is 1.53. The molecule has 0 atom stereocenters. The van der Waals surface area contributed by atoms with E-state index in [2.05, 4.69) is 21.9 Å². The lowest BCUT2D eigenvalue weighted by atomic mass is 10.2. The van der Waals surface area contributed by atoms with Crippen molar-refractivity contribution in [2.45, 2.75) is 13.5 Å². The van der Waals surface area contributed by atoms with Crippen LogP contribution in [0, 0.1) is 6.92 Å². The second-order valence-electron chi connectivity index (χ2n) is 3.43. The van der Waals surface area contributed by atoms with Crippen LogP contribution in [0.15, 0.2) is 30.9 Å². The summed E-state index contributed by atoms with van der Waals surface area (Å²) in [7, 11) is 0. The van der Waals surface area contributed by atoms with Crippen molar-refractivity contribution in [1.29, 1.82) is 0 Å². The monoisotopic (exact) mass is 256 g/mol. The average Bonchev–Trinajstić information content (AvgIpc) is 2.31. The van der Waals surface area contributed by atoms with Crippen LogP contribution < -0.4 is 15.4 Å². The summed E-state index contributed by atoms with van der Waals surface area (Å²) >= 11 is 0. The number of carbonyl (C=O) groups is 1.